The van der Waals surface area contributed by atoms with Gasteiger partial charge in [0.25, 0.3) is 5.91 Å². The van der Waals surface area contributed by atoms with E-state index in [0.717, 1.165) is 18.0 Å². The Morgan fingerprint density at radius 1 is 1.39 bits per heavy atom. The molecular weight excluding hydrogens is 312 g/mol. The number of hydrogen-bond acceptors (Lipinski definition) is 4. The monoisotopic (exact) mass is 330 g/mol. The van der Waals surface area contributed by atoms with E-state index in [2.05, 4.69) is 15.6 Å². The second-order valence-corrected chi connectivity index (χ2v) is 6.43. The lowest BCUT2D eigenvalue weighted by Gasteiger charge is -2.08. The third-order valence-corrected chi connectivity index (χ3v) is 4.49. The summed E-state index contributed by atoms with van der Waals surface area (Å²) in [6.45, 7) is 0. The lowest BCUT2D eigenvalue weighted by molar-refractivity contribution is -0.113. The molecular formula is C16H18N4O2S. The summed E-state index contributed by atoms with van der Waals surface area (Å²) in [4.78, 5) is 28.2. The molecule has 0 saturated heterocycles. The van der Waals surface area contributed by atoms with Gasteiger partial charge in [0.15, 0.2) is 5.16 Å². The first-order valence-corrected chi connectivity index (χ1v) is 8.41. The zero-order chi connectivity index (χ0) is 16.2. The zero-order valence-corrected chi connectivity index (χ0v) is 13.6. The fourth-order valence-corrected chi connectivity index (χ4v) is 2.79. The summed E-state index contributed by atoms with van der Waals surface area (Å²) < 4.78 is 1.86. The lowest BCUT2D eigenvalue weighted by Crippen LogP contribution is -2.25. The summed E-state index contributed by atoms with van der Waals surface area (Å²) in [6.07, 6.45) is 5.63. The van der Waals surface area contributed by atoms with Gasteiger partial charge >= 0.3 is 0 Å². The van der Waals surface area contributed by atoms with E-state index in [-0.39, 0.29) is 17.6 Å². The summed E-state index contributed by atoms with van der Waals surface area (Å²) in [7, 11) is 1.88. The molecule has 0 aliphatic heterocycles. The van der Waals surface area contributed by atoms with Crippen molar-refractivity contribution < 1.29 is 9.59 Å². The van der Waals surface area contributed by atoms with E-state index in [1.807, 2.05) is 17.8 Å². The van der Waals surface area contributed by atoms with Gasteiger partial charge in [0.1, 0.15) is 0 Å². The number of imidazole rings is 1. The molecule has 0 bridgehead atoms. The Balaban J connectivity index is 1.55. The number of anilines is 1. The molecule has 23 heavy (non-hydrogen) atoms. The standard InChI is InChI=1S/C16H18N4O2S/c1-20-8-7-17-16(20)23-10-14(21)18-13-4-2-3-11(9-13)15(22)19-12-5-6-12/h2-4,7-9,12H,5-6,10H2,1H3,(H,18,21)(H,19,22). The van der Waals surface area contributed by atoms with Crippen molar-refractivity contribution in [2.45, 2.75) is 24.0 Å². The molecule has 0 unspecified atom stereocenters. The van der Waals surface area contributed by atoms with Gasteiger partial charge in [0, 0.05) is 36.7 Å². The third kappa shape index (κ3) is 4.35. The van der Waals surface area contributed by atoms with E-state index >= 15 is 0 Å². The van der Waals surface area contributed by atoms with E-state index in [0.29, 0.717) is 17.3 Å². The molecule has 1 aromatic heterocycles. The first-order chi connectivity index (χ1) is 11.1. The molecule has 1 aliphatic rings. The van der Waals surface area contributed by atoms with E-state index in [4.69, 9.17) is 0 Å². The van der Waals surface area contributed by atoms with Crippen molar-refractivity contribution in [2.24, 2.45) is 7.05 Å². The van der Waals surface area contributed by atoms with Crippen LogP contribution in [0.5, 0.6) is 0 Å². The van der Waals surface area contributed by atoms with Crippen LogP contribution in [0.3, 0.4) is 0 Å². The number of rotatable bonds is 6. The maximum absolute atomic E-state index is 12.0. The summed E-state index contributed by atoms with van der Waals surface area (Å²) in [5.41, 5.74) is 1.19. The molecule has 6 nitrogen and oxygen atoms in total. The highest BCUT2D eigenvalue weighted by Gasteiger charge is 2.23. The summed E-state index contributed by atoms with van der Waals surface area (Å²) in [5.74, 6) is 0.0485. The van der Waals surface area contributed by atoms with Crippen molar-refractivity contribution in [3.8, 4) is 0 Å². The minimum absolute atomic E-state index is 0.0917. The van der Waals surface area contributed by atoms with E-state index in [1.165, 1.54) is 11.8 Å². The molecule has 7 heteroatoms. The second-order valence-electron chi connectivity index (χ2n) is 5.49. The third-order valence-electron chi connectivity index (χ3n) is 3.43. The molecule has 120 valence electrons. The Morgan fingerprint density at radius 3 is 2.91 bits per heavy atom. The van der Waals surface area contributed by atoms with Crippen LogP contribution < -0.4 is 10.6 Å². The molecule has 0 atom stereocenters. The van der Waals surface area contributed by atoms with Gasteiger partial charge in [-0.05, 0) is 31.0 Å². The Labute approximate surface area is 138 Å². The molecule has 0 radical (unpaired) electrons. The van der Waals surface area contributed by atoms with Gasteiger partial charge in [-0.25, -0.2) is 4.98 Å². The number of carbonyl (C=O) groups excluding carboxylic acids is 2. The summed E-state index contributed by atoms with van der Waals surface area (Å²) in [5, 5.41) is 6.53. The van der Waals surface area contributed by atoms with Crippen LogP contribution >= 0.6 is 11.8 Å². The van der Waals surface area contributed by atoms with Crippen molar-refractivity contribution in [1.29, 1.82) is 0 Å². The second kappa shape index (κ2) is 6.87. The van der Waals surface area contributed by atoms with Crippen LogP contribution in [0.25, 0.3) is 0 Å². The van der Waals surface area contributed by atoms with Gasteiger partial charge in [0.05, 0.1) is 5.75 Å². The quantitative estimate of drug-likeness (QED) is 0.795. The first kappa shape index (κ1) is 15.6. The first-order valence-electron chi connectivity index (χ1n) is 7.43. The van der Waals surface area contributed by atoms with E-state index < -0.39 is 0 Å². The largest absolute Gasteiger partial charge is 0.349 e. The van der Waals surface area contributed by atoms with Crippen molar-refractivity contribution in [3.63, 3.8) is 0 Å². The Hall–Kier alpha value is -2.28. The molecule has 1 saturated carbocycles. The fourth-order valence-electron chi connectivity index (χ4n) is 2.05. The molecule has 1 heterocycles. The number of aryl methyl sites for hydroxylation is 1. The Bertz CT molecular complexity index is 724. The van der Waals surface area contributed by atoms with Gasteiger partial charge in [0.2, 0.25) is 5.91 Å². The number of thioether (sulfide) groups is 1. The topological polar surface area (TPSA) is 76.0 Å². The normalized spacial score (nSPS) is 13.6. The van der Waals surface area contributed by atoms with Gasteiger partial charge < -0.3 is 15.2 Å². The van der Waals surface area contributed by atoms with Crippen molar-refractivity contribution in [3.05, 3.63) is 42.2 Å². The molecule has 0 spiro atoms. The van der Waals surface area contributed by atoms with Crippen LogP contribution in [0.2, 0.25) is 0 Å². The predicted octanol–water partition coefficient (Wildman–Crippen LogP) is 2.04. The maximum atomic E-state index is 12.0. The lowest BCUT2D eigenvalue weighted by atomic mass is 10.2. The Kier molecular flexibility index (Phi) is 4.66. The number of benzene rings is 1. The highest BCUT2D eigenvalue weighted by atomic mass is 32.2. The minimum Gasteiger partial charge on any atom is -0.349 e. The van der Waals surface area contributed by atoms with Gasteiger partial charge in [-0.2, -0.15) is 0 Å². The molecule has 1 fully saturated rings. The minimum atomic E-state index is -0.127. The van der Waals surface area contributed by atoms with Crippen LogP contribution in [-0.4, -0.2) is 33.2 Å². The summed E-state index contributed by atoms with van der Waals surface area (Å²) in [6, 6.07) is 7.30. The molecule has 2 aromatic rings. The molecule has 1 aliphatic carbocycles. The maximum Gasteiger partial charge on any atom is 0.251 e. The van der Waals surface area contributed by atoms with E-state index in [1.54, 1.807) is 30.5 Å². The average molecular weight is 330 g/mol. The highest BCUT2D eigenvalue weighted by molar-refractivity contribution is 7.99. The van der Waals surface area contributed by atoms with Gasteiger partial charge in [-0.3, -0.25) is 9.59 Å². The van der Waals surface area contributed by atoms with Crippen LogP contribution in [0, 0.1) is 0 Å². The SMILES string of the molecule is Cn1ccnc1SCC(=O)Nc1cccc(C(=O)NC2CC2)c1. The smallest absolute Gasteiger partial charge is 0.251 e. The van der Waals surface area contributed by atoms with Crippen molar-refractivity contribution in [2.75, 3.05) is 11.1 Å². The van der Waals surface area contributed by atoms with Crippen LogP contribution in [0.4, 0.5) is 5.69 Å². The molecule has 3 rings (SSSR count). The number of aromatic nitrogens is 2. The van der Waals surface area contributed by atoms with Crippen LogP contribution in [-0.2, 0) is 11.8 Å². The summed E-state index contributed by atoms with van der Waals surface area (Å²) >= 11 is 1.37. The van der Waals surface area contributed by atoms with Gasteiger partial charge in [-0.1, -0.05) is 17.8 Å². The average Bonchev–Trinajstić information content (AvgIpc) is 3.25. The Morgan fingerprint density at radius 2 is 2.22 bits per heavy atom. The van der Waals surface area contributed by atoms with Crippen LogP contribution in [0.15, 0.2) is 41.8 Å². The number of carbonyl (C=O) groups is 2. The molecule has 2 amide bonds. The van der Waals surface area contributed by atoms with Gasteiger partial charge in [-0.15, -0.1) is 0 Å². The number of nitrogens with zero attached hydrogens (tertiary/aromatic N) is 2. The number of amides is 2. The highest BCUT2D eigenvalue weighted by Crippen LogP contribution is 2.20. The molecule has 1 aromatic carbocycles. The predicted molar refractivity (Wildman–Crippen MR) is 89.5 cm³/mol. The zero-order valence-electron chi connectivity index (χ0n) is 12.8. The van der Waals surface area contributed by atoms with Crippen molar-refractivity contribution in [1.82, 2.24) is 14.9 Å². The number of hydrogen-bond donors (Lipinski definition) is 2. The van der Waals surface area contributed by atoms with E-state index in [9.17, 15) is 9.59 Å². The fraction of sp³-hybridized carbons (Fsp3) is 0.312. The van der Waals surface area contributed by atoms with Crippen LogP contribution in [0.1, 0.15) is 23.2 Å². The number of nitrogens with one attached hydrogen (secondary N) is 2. The molecule has 2 N–H and O–H groups in total. The van der Waals surface area contributed by atoms with Crippen molar-refractivity contribution >= 4 is 29.3 Å².